The summed E-state index contributed by atoms with van der Waals surface area (Å²) in [6.45, 7) is 0.961. The summed E-state index contributed by atoms with van der Waals surface area (Å²) in [5, 5.41) is 10.6. The Labute approximate surface area is 104 Å². The van der Waals surface area contributed by atoms with Crippen LogP contribution in [0.25, 0.3) is 0 Å². The molecule has 1 aliphatic heterocycles. The SMILES string of the molecule is O=C(O)C1(c2cn3c(n2)SCC3)CCCCC1. The van der Waals surface area contributed by atoms with Crippen LogP contribution in [-0.2, 0) is 16.8 Å². The second-order valence-electron chi connectivity index (χ2n) is 4.90. The highest BCUT2D eigenvalue weighted by molar-refractivity contribution is 7.99. The lowest BCUT2D eigenvalue weighted by Crippen LogP contribution is -2.38. The number of hydrogen-bond acceptors (Lipinski definition) is 3. The summed E-state index contributed by atoms with van der Waals surface area (Å²) < 4.78 is 2.10. The van der Waals surface area contributed by atoms with Gasteiger partial charge in [0.2, 0.25) is 0 Å². The van der Waals surface area contributed by atoms with Gasteiger partial charge in [0.1, 0.15) is 5.41 Å². The number of hydrogen-bond donors (Lipinski definition) is 1. The summed E-state index contributed by atoms with van der Waals surface area (Å²) in [5.74, 6) is 0.363. The van der Waals surface area contributed by atoms with Gasteiger partial charge in [0.15, 0.2) is 5.16 Å². The van der Waals surface area contributed by atoms with Crippen LogP contribution in [0.5, 0.6) is 0 Å². The zero-order chi connectivity index (χ0) is 11.9. The normalized spacial score (nSPS) is 22.4. The number of nitrogens with zero attached hydrogens (tertiary/aromatic N) is 2. The molecule has 2 aliphatic rings. The van der Waals surface area contributed by atoms with E-state index < -0.39 is 11.4 Å². The third kappa shape index (κ3) is 1.68. The van der Waals surface area contributed by atoms with Crippen LogP contribution in [0, 0.1) is 0 Å². The molecule has 3 rings (SSSR count). The van der Waals surface area contributed by atoms with Gasteiger partial charge >= 0.3 is 5.97 Å². The molecule has 1 saturated carbocycles. The van der Waals surface area contributed by atoms with Crippen LogP contribution in [0.4, 0.5) is 0 Å². The van der Waals surface area contributed by atoms with Gasteiger partial charge in [0, 0.05) is 18.5 Å². The summed E-state index contributed by atoms with van der Waals surface area (Å²) in [4.78, 5) is 16.2. The van der Waals surface area contributed by atoms with Gasteiger partial charge in [-0.2, -0.15) is 0 Å². The summed E-state index contributed by atoms with van der Waals surface area (Å²) in [6.07, 6.45) is 6.60. The van der Waals surface area contributed by atoms with Gasteiger partial charge in [-0.25, -0.2) is 4.98 Å². The number of carboxylic acid groups (broad SMARTS) is 1. The highest BCUT2D eigenvalue weighted by atomic mass is 32.2. The predicted molar refractivity (Wildman–Crippen MR) is 65.3 cm³/mol. The zero-order valence-corrected chi connectivity index (χ0v) is 10.5. The number of carboxylic acids is 1. The molecule has 5 heteroatoms. The van der Waals surface area contributed by atoms with Crippen LogP contribution >= 0.6 is 11.8 Å². The molecule has 0 spiro atoms. The molecule has 1 aromatic heterocycles. The molecule has 0 bridgehead atoms. The van der Waals surface area contributed by atoms with Crippen molar-refractivity contribution < 1.29 is 9.90 Å². The monoisotopic (exact) mass is 252 g/mol. The number of imidazole rings is 1. The molecule has 0 unspecified atom stereocenters. The molecule has 0 saturated heterocycles. The van der Waals surface area contributed by atoms with E-state index in [9.17, 15) is 9.90 Å². The van der Waals surface area contributed by atoms with Gasteiger partial charge in [-0.05, 0) is 12.8 Å². The lowest BCUT2D eigenvalue weighted by molar-refractivity contribution is -0.145. The Hall–Kier alpha value is -0.970. The second-order valence-corrected chi connectivity index (χ2v) is 5.96. The largest absolute Gasteiger partial charge is 0.481 e. The van der Waals surface area contributed by atoms with Crippen molar-refractivity contribution in [3.05, 3.63) is 11.9 Å². The predicted octanol–water partition coefficient (Wildman–Crippen LogP) is 2.28. The lowest BCUT2D eigenvalue weighted by Gasteiger charge is -2.31. The standard InChI is InChI=1S/C12H16N2O2S/c15-10(16)12(4-2-1-3-5-12)9-8-14-6-7-17-11(14)13-9/h8H,1-7H2,(H,15,16). The van der Waals surface area contributed by atoms with Crippen molar-refractivity contribution in [1.82, 2.24) is 9.55 Å². The Morgan fingerprint density at radius 3 is 2.82 bits per heavy atom. The van der Waals surface area contributed by atoms with E-state index >= 15 is 0 Å². The maximum Gasteiger partial charge on any atom is 0.315 e. The molecule has 2 heterocycles. The van der Waals surface area contributed by atoms with Crippen LogP contribution in [0.1, 0.15) is 37.8 Å². The van der Waals surface area contributed by atoms with Crippen molar-refractivity contribution in [3.8, 4) is 0 Å². The first-order chi connectivity index (χ1) is 8.22. The van der Waals surface area contributed by atoms with Gasteiger partial charge in [0.05, 0.1) is 5.69 Å². The quantitative estimate of drug-likeness (QED) is 0.877. The highest BCUT2D eigenvalue weighted by Gasteiger charge is 2.44. The average Bonchev–Trinajstić information content (AvgIpc) is 2.89. The molecule has 0 amide bonds. The number of carbonyl (C=O) groups is 1. The first kappa shape index (κ1) is 11.1. The van der Waals surface area contributed by atoms with Crippen molar-refractivity contribution in [3.63, 3.8) is 0 Å². The highest BCUT2D eigenvalue weighted by Crippen LogP contribution is 2.40. The third-order valence-electron chi connectivity index (χ3n) is 3.91. The minimum atomic E-state index is -0.712. The Morgan fingerprint density at radius 2 is 2.18 bits per heavy atom. The zero-order valence-electron chi connectivity index (χ0n) is 9.69. The maximum absolute atomic E-state index is 11.6. The number of fused-ring (bicyclic) bond motifs is 1. The smallest absolute Gasteiger partial charge is 0.315 e. The van der Waals surface area contributed by atoms with E-state index in [4.69, 9.17) is 0 Å². The van der Waals surface area contributed by atoms with E-state index in [1.807, 2.05) is 6.20 Å². The molecule has 0 aromatic carbocycles. The molecule has 1 aliphatic carbocycles. The second kappa shape index (κ2) is 4.05. The van der Waals surface area contributed by atoms with Crippen molar-refractivity contribution in [1.29, 1.82) is 0 Å². The van der Waals surface area contributed by atoms with Crippen molar-refractivity contribution >= 4 is 17.7 Å². The molecule has 17 heavy (non-hydrogen) atoms. The summed E-state index contributed by atoms with van der Waals surface area (Å²) in [5.41, 5.74) is 0.0720. The fourth-order valence-corrected chi connectivity index (χ4v) is 3.82. The fraction of sp³-hybridized carbons (Fsp3) is 0.667. The molecule has 1 fully saturated rings. The van der Waals surface area contributed by atoms with E-state index in [-0.39, 0.29) is 0 Å². The molecule has 92 valence electrons. The number of thioether (sulfide) groups is 1. The first-order valence-corrected chi connectivity index (χ1v) is 7.15. The van der Waals surface area contributed by atoms with Gasteiger partial charge in [0.25, 0.3) is 0 Å². The topological polar surface area (TPSA) is 55.1 Å². The van der Waals surface area contributed by atoms with Crippen molar-refractivity contribution in [2.24, 2.45) is 0 Å². The third-order valence-corrected chi connectivity index (χ3v) is 4.88. The number of rotatable bonds is 2. The van der Waals surface area contributed by atoms with E-state index in [0.717, 1.165) is 55.3 Å². The van der Waals surface area contributed by atoms with Crippen LogP contribution in [0.15, 0.2) is 11.4 Å². The van der Waals surface area contributed by atoms with E-state index in [2.05, 4.69) is 9.55 Å². The summed E-state index contributed by atoms with van der Waals surface area (Å²) >= 11 is 1.72. The van der Waals surface area contributed by atoms with Gasteiger partial charge < -0.3 is 9.67 Å². The molecule has 0 radical (unpaired) electrons. The number of aryl methyl sites for hydroxylation is 1. The summed E-state index contributed by atoms with van der Waals surface area (Å²) in [7, 11) is 0. The van der Waals surface area contributed by atoms with Crippen LogP contribution in [0.2, 0.25) is 0 Å². The van der Waals surface area contributed by atoms with Gasteiger partial charge in [-0.3, -0.25) is 4.79 Å². The Balaban J connectivity index is 2.00. The fourth-order valence-electron chi connectivity index (χ4n) is 2.88. The van der Waals surface area contributed by atoms with E-state index in [1.165, 1.54) is 0 Å². The Bertz CT molecular complexity index is 428. The van der Waals surface area contributed by atoms with Gasteiger partial charge in [-0.15, -0.1) is 0 Å². The molecule has 1 N–H and O–H groups in total. The Kier molecular flexibility index (Phi) is 2.65. The first-order valence-electron chi connectivity index (χ1n) is 6.16. The Morgan fingerprint density at radius 1 is 1.41 bits per heavy atom. The van der Waals surface area contributed by atoms with Crippen molar-refractivity contribution in [2.45, 2.75) is 49.2 Å². The molecule has 0 atom stereocenters. The number of aromatic nitrogens is 2. The minimum absolute atomic E-state index is 0.695. The lowest BCUT2D eigenvalue weighted by atomic mass is 9.72. The van der Waals surface area contributed by atoms with Crippen molar-refractivity contribution in [2.75, 3.05) is 5.75 Å². The van der Waals surface area contributed by atoms with Crippen LogP contribution in [-0.4, -0.2) is 26.4 Å². The average molecular weight is 252 g/mol. The molecular weight excluding hydrogens is 236 g/mol. The van der Waals surface area contributed by atoms with Crippen LogP contribution < -0.4 is 0 Å². The molecular formula is C12H16N2O2S. The van der Waals surface area contributed by atoms with E-state index in [1.54, 1.807) is 11.8 Å². The minimum Gasteiger partial charge on any atom is -0.481 e. The summed E-state index contributed by atoms with van der Waals surface area (Å²) in [6, 6.07) is 0. The van der Waals surface area contributed by atoms with Crippen LogP contribution in [0.3, 0.4) is 0 Å². The maximum atomic E-state index is 11.6. The number of aliphatic carboxylic acids is 1. The molecule has 1 aromatic rings. The van der Waals surface area contributed by atoms with Gasteiger partial charge in [-0.1, -0.05) is 31.0 Å². The van der Waals surface area contributed by atoms with E-state index in [0.29, 0.717) is 0 Å². The molecule has 4 nitrogen and oxygen atoms in total.